The molecule has 0 amide bonds. The normalized spacial score (nSPS) is 13.7. The van der Waals surface area contributed by atoms with E-state index in [1.807, 2.05) is 0 Å². The zero-order chi connectivity index (χ0) is 11.8. The first-order valence-electron chi connectivity index (χ1n) is 5.36. The van der Waals surface area contributed by atoms with Crippen molar-refractivity contribution in [2.75, 3.05) is 5.73 Å². The fraction of sp³-hybridized carbons (Fsp3) is 0.167. The van der Waals surface area contributed by atoms with Crippen molar-refractivity contribution < 1.29 is 4.39 Å². The average molecular weight is 230 g/mol. The summed E-state index contributed by atoms with van der Waals surface area (Å²) in [6, 6.07) is 6.20. The van der Waals surface area contributed by atoms with Crippen molar-refractivity contribution in [1.29, 1.82) is 0 Å². The minimum absolute atomic E-state index is 0.303. The second-order valence-electron chi connectivity index (χ2n) is 3.97. The molecule has 2 aromatic rings. The number of nitrogen functional groups attached to an aromatic ring is 1. The van der Waals surface area contributed by atoms with Crippen LogP contribution in [0.15, 0.2) is 24.3 Å². The van der Waals surface area contributed by atoms with E-state index in [-0.39, 0.29) is 5.82 Å². The van der Waals surface area contributed by atoms with E-state index >= 15 is 0 Å². The molecule has 0 radical (unpaired) electrons. The number of halogens is 1. The molecular weight excluding hydrogens is 219 g/mol. The molecule has 5 heteroatoms. The number of nitrogens with one attached hydrogen (secondary N) is 1. The molecule has 1 aromatic heterocycles. The monoisotopic (exact) mass is 230 g/mol. The fourth-order valence-corrected chi connectivity index (χ4v) is 1.95. The van der Waals surface area contributed by atoms with Gasteiger partial charge in [-0.05, 0) is 12.1 Å². The van der Waals surface area contributed by atoms with Crippen molar-refractivity contribution in [3.05, 3.63) is 41.3 Å². The molecule has 0 spiro atoms. The predicted molar refractivity (Wildman–Crippen MR) is 62.4 cm³/mol. The Kier molecular flexibility index (Phi) is 2.26. The predicted octanol–water partition coefficient (Wildman–Crippen LogP) is 1.47. The Morgan fingerprint density at radius 3 is 2.94 bits per heavy atom. The second-order valence-corrected chi connectivity index (χ2v) is 3.97. The molecule has 0 bridgehead atoms. The number of fused-ring (bicyclic) bond motifs is 1. The summed E-state index contributed by atoms with van der Waals surface area (Å²) in [4.78, 5) is 8.62. The van der Waals surface area contributed by atoms with Crippen molar-refractivity contribution >= 4 is 5.82 Å². The maximum Gasteiger partial charge on any atom is 0.161 e. The van der Waals surface area contributed by atoms with Gasteiger partial charge in [-0.3, -0.25) is 0 Å². The summed E-state index contributed by atoms with van der Waals surface area (Å²) in [6.07, 6.45) is 0. The molecule has 86 valence electrons. The molecule has 0 saturated carbocycles. The maximum absolute atomic E-state index is 13.1. The quantitative estimate of drug-likeness (QED) is 0.778. The highest BCUT2D eigenvalue weighted by Crippen LogP contribution is 2.23. The van der Waals surface area contributed by atoms with Crippen LogP contribution < -0.4 is 11.1 Å². The number of hydrogen-bond donors (Lipinski definition) is 2. The van der Waals surface area contributed by atoms with E-state index in [1.54, 1.807) is 12.1 Å². The van der Waals surface area contributed by atoms with Crippen LogP contribution in [0.25, 0.3) is 11.4 Å². The Morgan fingerprint density at radius 2 is 2.12 bits per heavy atom. The number of nitrogens with two attached hydrogens (primary N) is 1. The van der Waals surface area contributed by atoms with E-state index in [1.165, 1.54) is 12.1 Å². The number of rotatable bonds is 1. The Labute approximate surface area is 97.7 Å². The largest absolute Gasteiger partial charge is 0.383 e. The van der Waals surface area contributed by atoms with Gasteiger partial charge < -0.3 is 11.1 Å². The summed E-state index contributed by atoms with van der Waals surface area (Å²) < 4.78 is 13.1. The fourth-order valence-electron chi connectivity index (χ4n) is 1.95. The van der Waals surface area contributed by atoms with Crippen molar-refractivity contribution in [3.63, 3.8) is 0 Å². The topological polar surface area (TPSA) is 63.8 Å². The third kappa shape index (κ3) is 1.74. The van der Waals surface area contributed by atoms with E-state index in [4.69, 9.17) is 5.73 Å². The molecule has 0 aliphatic carbocycles. The minimum Gasteiger partial charge on any atom is -0.383 e. The zero-order valence-electron chi connectivity index (χ0n) is 9.07. The molecule has 4 nitrogen and oxygen atoms in total. The van der Waals surface area contributed by atoms with Crippen LogP contribution in [0.3, 0.4) is 0 Å². The maximum atomic E-state index is 13.1. The number of benzene rings is 1. The average Bonchev–Trinajstić information content (AvgIpc) is 2.77. The highest BCUT2D eigenvalue weighted by Gasteiger charge is 2.17. The van der Waals surface area contributed by atoms with Crippen LogP contribution in [0.1, 0.15) is 11.3 Å². The number of anilines is 1. The molecule has 17 heavy (non-hydrogen) atoms. The summed E-state index contributed by atoms with van der Waals surface area (Å²) in [5, 5.41) is 3.16. The third-order valence-electron chi connectivity index (χ3n) is 2.80. The minimum atomic E-state index is -0.303. The molecule has 1 aliphatic heterocycles. The van der Waals surface area contributed by atoms with E-state index in [9.17, 15) is 4.39 Å². The lowest BCUT2D eigenvalue weighted by Gasteiger charge is -2.05. The number of aromatic nitrogens is 2. The van der Waals surface area contributed by atoms with Crippen LogP contribution in [-0.2, 0) is 13.1 Å². The van der Waals surface area contributed by atoms with E-state index in [0.717, 1.165) is 11.3 Å². The van der Waals surface area contributed by atoms with E-state index in [2.05, 4.69) is 15.3 Å². The van der Waals surface area contributed by atoms with Gasteiger partial charge in [0.25, 0.3) is 0 Å². The van der Waals surface area contributed by atoms with Gasteiger partial charge in [0.15, 0.2) is 5.82 Å². The molecule has 3 rings (SSSR count). The van der Waals surface area contributed by atoms with Crippen LogP contribution >= 0.6 is 0 Å². The molecule has 0 fully saturated rings. The van der Waals surface area contributed by atoms with Crippen LogP contribution in [0.4, 0.5) is 10.2 Å². The molecule has 1 aliphatic rings. The van der Waals surface area contributed by atoms with Crippen molar-refractivity contribution in [1.82, 2.24) is 15.3 Å². The lowest BCUT2D eigenvalue weighted by atomic mass is 10.2. The molecule has 2 heterocycles. The van der Waals surface area contributed by atoms with Gasteiger partial charge in [0, 0.05) is 24.2 Å². The Balaban J connectivity index is 2.13. The van der Waals surface area contributed by atoms with Gasteiger partial charge in [-0.2, -0.15) is 0 Å². The summed E-state index contributed by atoms with van der Waals surface area (Å²) in [5.41, 5.74) is 8.36. The Bertz CT molecular complexity index is 583. The standard InChI is InChI=1S/C12H11FN4/c13-8-3-1-2-7(4-8)12-16-10-6-15-5-9(10)11(14)17-12/h1-4,15H,5-6H2,(H2,14,16,17). The first-order valence-corrected chi connectivity index (χ1v) is 5.36. The second kappa shape index (κ2) is 3.78. The van der Waals surface area contributed by atoms with Gasteiger partial charge in [0.2, 0.25) is 0 Å². The summed E-state index contributed by atoms with van der Waals surface area (Å²) in [7, 11) is 0. The summed E-state index contributed by atoms with van der Waals surface area (Å²) in [5.74, 6) is 0.645. The van der Waals surface area contributed by atoms with Gasteiger partial charge in [-0.25, -0.2) is 14.4 Å². The third-order valence-corrected chi connectivity index (χ3v) is 2.80. The molecular formula is C12H11FN4. The Morgan fingerprint density at radius 1 is 1.24 bits per heavy atom. The molecule has 0 atom stereocenters. The molecule has 0 saturated heterocycles. The lowest BCUT2D eigenvalue weighted by Crippen LogP contribution is -2.03. The summed E-state index contributed by atoms with van der Waals surface area (Å²) >= 11 is 0. The SMILES string of the molecule is Nc1nc(-c2cccc(F)c2)nc2c1CNC2. The number of nitrogens with zero attached hydrogens (tertiary/aromatic N) is 2. The van der Waals surface area contributed by atoms with Crippen LogP contribution in [0, 0.1) is 5.82 Å². The Hall–Kier alpha value is -2.01. The van der Waals surface area contributed by atoms with Gasteiger partial charge in [-0.1, -0.05) is 12.1 Å². The van der Waals surface area contributed by atoms with Crippen LogP contribution in [0.2, 0.25) is 0 Å². The molecule has 3 N–H and O–H groups in total. The molecule has 1 aromatic carbocycles. The van der Waals surface area contributed by atoms with Gasteiger partial charge in [0.1, 0.15) is 11.6 Å². The zero-order valence-corrected chi connectivity index (χ0v) is 9.07. The highest BCUT2D eigenvalue weighted by atomic mass is 19.1. The van der Waals surface area contributed by atoms with Gasteiger partial charge in [0.05, 0.1) is 5.69 Å². The summed E-state index contributed by atoms with van der Waals surface area (Å²) in [6.45, 7) is 1.38. The van der Waals surface area contributed by atoms with E-state index in [0.29, 0.717) is 30.3 Å². The molecule has 0 unspecified atom stereocenters. The van der Waals surface area contributed by atoms with E-state index < -0.39 is 0 Å². The van der Waals surface area contributed by atoms with Crippen molar-refractivity contribution in [3.8, 4) is 11.4 Å². The van der Waals surface area contributed by atoms with Crippen molar-refractivity contribution in [2.45, 2.75) is 13.1 Å². The van der Waals surface area contributed by atoms with Crippen LogP contribution in [-0.4, -0.2) is 9.97 Å². The lowest BCUT2D eigenvalue weighted by molar-refractivity contribution is 0.628. The van der Waals surface area contributed by atoms with Crippen LogP contribution in [0.5, 0.6) is 0 Å². The number of hydrogen-bond acceptors (Lipinski definition) is 4. The smallest absolute Gasteiger partial charge is 0.161 e. The van der Waals surface area contributed by atoms with Crippen molar-refractivity contribution in [2.24, 2.45) is 0 Å². The highest BCUT2D eigenvalue weighted by molar-refractivity contribution is 5.59. The first-order chi connectivity index (χ1) is 8.24. The van der Waals surface area contributed by atoms with Gasteiger partial charge >= 0.3 is 0 Å². The first kappa shape index (κ1) is 10.2. The van der Waals surface area contributed by atoms with Gasteiger partial charge in [-0.15, -0.1) is 0 Å².